The van der Waals surface area contributed by atoms with Crippen LogP contribution in [0.4, 0.5) is 0 Å². The average molecular weight is 164 g/mol. The maximum atomic E-state index is 10.1. The van der Waals surface area contributed by atoms with Crippen molar-refractivity contribution in [1.82, 2.24) is 0 Å². The summed E-state index contributed by atoms with van der Waals surface area (Å²) < 4.78 is 0. The Kier molecular flexibility index (Phi) is 2.42. The Bertz CT molecular complexity index is 306. The zero-order chi connectivity index (χ0) is 8.97. The summed E-state index contributed by atoms with van der Waals surface area (Å²) in [5, 5.41) is 10.1. The van der Waals surface area contributed by atoms with Gasteiger partial charge in [-0.1, -0.05) is 30.3 Å². The predicted octanol–water partition coefficient (Wildman–Crippen LogP) is 1.22. The topological polar surface area (TPSA) is 69.2 Å². The molecule has 0 saturated heterocycles. The highest BCUT2D eigenvalue weighted by atomic mass is 16.6. The molecule has 0 aromatic heterocycles. The standard InChI is InChI=1S/C8H8N2O2/c9-8(10(11)12)6-7-4-2-1-3-5-7/h1-6H,9H2. The lowest BCUT2D eigenvalue weighted by atomic mass is 10.2. The minimum Gasteiger partial charge on any atom is -0.358 e. The lowest BCUT2D eigenvalue weighted by molar-refractivity contribution is -0.424. The minimum absolute atomic E-state index is 0.346. The van der Waals surface area contributed by atoms with E-state index in [1.54, 1.807) is 24.3 Å². The summed E-state index contributed by atoms with van der Waals surface area (Å²) in [6.45, 7) is 0. The Morgan fingerprint density at radius 1 is 1.42 bits per heavy atom. The Balaban J connectivity index is 2.89. The lowest BCUT2D eigenvalue weighted by Crippen LogP contribution is -2.07. The van der Waals surface area contributed by atoms with Crippen LogP contribution in [-0.4, -0.2) is 4.92 Å². The molecule has 1 rings (SSSR count). The van der Waals surface area contributed by atoms with Crippen LogP contribution in [0.1, 0.15) is 5.56 Å². The zero-order valence-corrected chi connectivity index (χ0v) is 6.31. The Labute approximate surface area is 69.5 Å². The van der Waals surface area contributed by atoms with E-state index in [-0.39, 0.29) is 5.82 Å². The summed E-state index contributed by atoms with van der Waals surface area (Å²) in [4.78, 5) is 9.50. The van der Waals surface area contributed by atoms with Crippen molar-refractivity contribution in [3.05, 3.63) is 51.8 Å². The third-order valence-electron chi connectivity index (χ3n) is 1.32. The second kappa shape index (κ2) is 3.52. The molecule has 0 bridgehead atoms. The molecule has 0 amide bonds. The molecular formula is C8H8N2O2. The molecule has 0 heterocycles. The summed E-state index contributed by atoms with van der Waals surface area (Å²) in [6.07, 6.45) is 1.32. The van der Waals surface area contributed by atoms with Crippen molar-refractivity contribution in [2.75, 3.05) is 0 Å². The van der Waals surface area contributed by atoms with Crippen molar-refractivity contribution >= 4 is 6.08 Å². The van der Waals surface area contributed by atoms with Gasteiger partial charge in [-0.2, -0.15) is 0 Å². The summed E-state index contributed by atoms with van der Waals surface area (Å²) in [5.41, 5.74) is 5.84. The van der Waals surface area contributed by atoms with Gasteiger partial charge in [0.1, 0.15) is 0 Å². The number of nitrogens with zero attached hydrogens (tertiary/aromatic N) is 1. The van der Waals surface area contributed by atoms with Crippen LogP contribution in [0.3, 0.4) is 0 Å². The molecule has 0 fully saturated rings. The van der Waals surface area contributed by atoms with Crippen molar-refractivity contribution in [2.45, 2.75) is 0 Å². The Morgan fingerprint density at radius 3 is 2.50 bits per heavy atom. The van der Waals surface area contributed by atoms with Crippen LogP contribution in [0.15, 0.2) is 36.2 Å². The van der Waals surface area contributed by atoms with Crippen LogP contribution >= 0.6 is 0 Å². The van der Waals surface area contributed by atoms with Crippen LogP contribution in [0.5, 0.6) is 0 Å². The van der Waals surface area contributed by atoms with Gasteiger partial charge in [-0.3, -0.25) is 5.73 Å². The molecule has 12 heavy (non-hydrogen) atoms. The van der Waals surface area contributed by atoms with Gasteiger partial charge in [-0.15, -0.1) is 0 Å². The molecule has 0 aliphatic heterocycles. The molecule has 62 valence electrons. The second-order valence-electron chi connectivity index (χ2n) is 2.24. The van der Waals surface area contributed by atoms with Gasteiger partial charge in [-0.05, 0) is 10.5 Å². The number of benzene rings is 1. The first-order valence-electron chi connectivity index (χ1n) is 3.37. The number of rotatable bonds is 2. The van der Waals surface area contributed by atoms with Crippen molar-refractivity contribution in [3.63, 3.8) is 0 Å². The summed E-state index contributed by atoms with van der Waals surface area (Å²) in [6, 6.07) is 8.91. The molecule has 0 atom stereocenters. The van der Waals surface area contributed by atoms with E-state index in [9.17, 15) is 10.1 Å². The van der Waals surface area contributed by atoms with E-state index in [1.807, 2.05) is 6.07 Å². The van der Waals surface area contributed by atoms with E-state index in [2.05, 4.69) is 0 Å². The molecular weight excluding hydrogens is 156 g/mol. The van der Waals surface area contributed by atoms with Crippen LogP contribution in [-0.2, 0) is 0 Å². The maximum absolute atomic E-state index is 10.1. The third kappa shape index (κ3) is 2.09. The van der Waals surface area contributed by atoms with E-state index in [0.29, 0.717) is 0 Å². The van der Waals surface area contributed by atoms with Crippen molar-refractivity contribution in [1.29, 1.82) is 0 Å². The third-order valence-corrected chi connectivity index (χ3v) is 1.32. The van der Waals surface area contributed by atoms with E-state index < -0.39 is 4.92 Å². The Morgan fingerprint density at radius 2 is 2.00 bits per heavy atom. The molecule has 2 N–H and O–H groups in total. The monoisotopic (exact) mass is 164 g/mol. The molecule has 0 unspecified atom stereocenters. The minimum atomic E-state index is -0.618. The summed E-state index contributed by atoms with van der Waals surface area (Å²) >= 11 is 0. The van der Waals surface area contributed by atoms with Crippen LogP contribution < -0.4 is 5.73 Å². The van der Waals surface area contributed by atoms with Crippen molar-refractivity contribution < 1.29 is 4.92 Å². The van der Waals surface area contributed by atoms with E-state index in [0.717, 1.165) is 5.56 Å². The maximum Gasteiger partial charge on any atom is 0.314 e. The molecule has 0 aliphatic carbocycles. The smallest absolute Gasteiger partial charge is 0.314 e. The highest BCUT2D eigenvalue weighted by Gasteiger charge is 1.98. The van der Waals surface area contributed by atoms with E-state index in [4.69, 9.17) is 5.73 Å². The molecule has 4 heteroatoms. The first-order chi connectivity index (χ1) is 5.70. The van der Waals surface area contributed by atoms with Gasteiger partial charge < -0.3 is 10.1 Å². The summed E-state index contributed by atoms with van der Waals surface area (Å²) in [5.74, 6) is -0.346. The molecule has 0 radical (unpaired) electrons. The van der Waals surface area contributed by atoms with Crippen LogP contribution in [0.25, 0.3) is 6.08 Å². The van der Waals surface area contributed by atoms with E-state index >= 15 is 0 Å². The normalized spacial score (nSPS) is 11.2. The largest absolute Gasteiger partial charge is 0.358 e. The number of hydrogen-bond donors (Lipinski definition) is 1. The average Bonchev–Trinajstić information content (AvgIpc) is 2.06. The van der Waals surface area contributed by atoms with Crippen LogP contribution in [0, 0.1) is 10.1 Å². The molecule has 0 spiro atoms. The molecule has 0 saturated carbocycles. The Hall–Kier alpha value is -1.84. The fourth-order valence-corrected chi connectivity index (χ4v) is 0.773. The van der Waals surface area contributed by atoms with E-state index in [1.165, 1.54) is 6.08 Å². The number of nitrogens with two attached hydrogens (primary N) is 1. The summed E-state index contributed by atoms with van der Waals surface area (Å²) in [7, 11) is 0. The molecule has 0 aliphatic rings. The molecule has 4 nitrogen and oxygen atoms in total. The van der Waals surface area contributed by atoms with Crippen molar-refractivity contribution in [3.8, 4) is 0 Å². The molecule has 1 aromatic rings. The highest BCUT2D eigenvalue weighted by Crippen LogP contribution is 2.02. The van der Waals surface area contributed by atoms with Gasteiger partial charge in [0.25, 0.3) is 0 Å². The van der Waals surface area contributed by atoms with Gasteiger partial charge in [0.2, 0.25) is 0 Å². The van der Waals surface area contributed by atoms with Gasteiger partial charge in [0, 0.05) is 6.08 Å². The zero-order valence-electron chi connectivity index (χ0n) is 6.31. The van der Waals surface area contributed by atoms with Crippen molar-refractivity contribution in [2.24, 2.45) is 5.73 Å². The van der Waals surface area contributed by atoms with Gasteiger partial charge in [-0.25, -0.2) is 0 Å². The highest BCUT2D eigenvalue weighted by molar-refractivity contribution is 5.49. The first-order valence-corrected chi connectivity index (χ1v) is 3.37. The SMILES string of the molecule is NC(=Cc1ccccc1)[N+](=O)[O-]. The molecule has 1 aromatic carbocycles. The van der Waals surface area contributed by atoms with Crippen LogP contribution in [0.2, 0.25) is 0 Å². The lowest BCUT2D eigenvalue weighted by Gasteiger charge is -1.93. The first kappa shape index (κ1) is 8.26. The van der Waals surface area contributed by atoms with Gasteiger partial charge >= 0.3 is 5.82 Å². The fraction of sp³-hybridized carbons (Fsp3) is 0. The van der Waals surface area contributed by atoms with Gasteiger partial charge in [0.15, 0.2) is 0 Å². The quantitative estimate of drug-likeness (QED) is 0.527. The van der Waals surface area contributed by atoms with Gasteiger partial charge in [0.05, 0.1) is 0 Å². The fourth-order valence-electron chi connectivity index (χ4n) is 0.773. The predicted molar refractivity (Wildman–Crippen MR) is 45.6 cm³/mol. The number of hydrogen-bond acceptors (Lipinski definition) is 3. The second-order valence-corrected chi connectivity index (χ2v) is 2.24. The number of nitro groups is 1.